The average Bonchev–Trinajstić information content (AvgIpc) is 2.25. The van der Waals surface area contributed by atoms with Crippen LogP contribution in [-0.2, 0) is 6.54 Å². The van der Waals surface area contributed by atoms with Gasteiger partial charge in [0.25, 0.3) is 0 Å². The summed E-state index contributed by atoms with van der Waals surface area (Å²) in [6, 6.07) is 4.07. The molecule has 0 aliphatic heterocycles. The van der Waals surface area contributed by atoms with Crippen molar-refractivity contribution in [3.63, 3.8) is 0 Å². The summed E-state index contributed by atoms with van der Waals surface area (Å²) in [5.74, 6) is -1.00. The van der Waals surface area contributed by atoms with Crippen LogP contribution < -0.4 is 5.32 Å². The van der Waals surface area contributed by atoms with Crippen LogP contribution in [0.15, 0.2) is 18.2 Å². The first kappa shape index (κ1) is 13.1. The quantitative estimate of drug-likeness (QED) is 0.782. The van der Waals surface area contributed by atoms with Crippen LogP contribution >= 0.6 is 0 Å². The molecule has 1 atom stereocenters. The highest BCUT2D eigenvalue weighted by molar-refractivity contribution is 5.18. The van der Waals surface area contributed by atoms with Crippen LogP contribution in [0.5, 0.6) is 0 Å². The van der Waals surface area contributed by atoms with Crippen LogP contribution in [0.1, 0.15) is 38.7 Å². The third kappa shape index (κ3) is 4.27. The molecular formula is C13H19F2N. The molecule has 90 valence electrons. The standard InChI is InChI=1S/C13H19F2N/c1-3-4-5-10(2)16-9-11-6-7-12(14)8-13(11)15/h6-8,10,16H,3-5,9H2,1-2H3. The Morgan fingerprint density at radius 2 is 2.06 bits per heavy atom. The van der Waals surface area contributed by atoms with E-state index >= 15 is 0 Å². The second kappa shape index (κ2) is 6.59. The molecule has 0 fully saturated rings. The molecule has 0 spiro atoms. The Morgan fingerprint density at radius 3 is 2.69 bits per heavy atom. The zero-order valence-corrected chi connectivity index (χ0v) is 9.89. The lowest BCUT2D eigenvalue weighted by molar-refractivity contribution is 0.483. The van der Waals surface area contributed by atoms with E-state index in [2.05, 4.69) is 19.2 Å². The van der Waals surface area contributed by atoms with E-state index in [-0.39, 0.29) is 0 Å². The molecule has 0 amide bonds. The van der Waals surface area contributed by atoms with Gasteiger partial charge in [0.2, 0.25) is 0 Å². The summed E-state index contributed by atoms with van der Waals surface area (Å²) in [6.45, 7) is 4.68. The average molecular weight is 227 g/mol. The highest BCUT2D eigenvalue weighted by Crippen LogP contribution is 2.10. The number of hydrogen-bond donors (Lipinski definition) is 1. The van der Waals surface area contributed by atoms with E-state index < -0.39 is 11.6 Å². The fraction of sp³-hybridized carbons (Fsp3) is 0.538. The molecule has 0 bridgehead atoms. The van der Waals surface area contributed by atoms with Gasteiger partial charge in [0.15, 0.2) is 0 Å². The van der Waals surface area contributed by atoms with Gasteiger partial charge in [-0.25, -0.2) is 8.78 Å². The Balaban J connectivity index is 2.42. The van der Waals surface area contributed by atoms with Crippen molar-refractivity contribution in [3.05, 3.63) is 35.4 Å². The SMILES string of the molecule is CCCCC(C)NCc1ccc(F)cc1F. The predicted octanol–water partition coefficient (Wildman–Crippen LogP) is 3.63. The van der Waals surface area contributed by atoms with E-state index in [1.54, 1.807) is 0 Å². The topological polar surface area (TPSA) is 12.0 Å². The lowest BCUT2D eigenvalue weighted by Crippen LogP contribution is -2.25. The molecule has 1 aromatic carbocycles. The van der Waals surface area contributed by atoms with Gasteiger partial charge >= 0.3 is 0 Å². The number of unbranched alkanes of at least 4 members (excludes halogenated alkanes) is 1. The maximum Gasteiger partial charge on any atom is 0.130 e. The number of nitrogens with one attached hydrogen (secondary N) is 1. The molecule has 1 unspecified atom stereocenters. The Labute approximate surface area is 95.9 Å². The second-order valence-electron chi connectivity index (χ2n) is 4.16. The molecule has 0 aliphatic carbocycles. The van der Waals surface area contributed by atoms with Crippen molar-refractivity contribution in [1.82, 2.24) is 5.32 Å². The monoisotopic (exact) mass is 227 g/mol. The summed E-state index contributed by atoms with van der Waals surface area (Å²) < 4.78 is 25.9. The molecule has 0 saturated heterocycles. The van der Waals surface area contributed by atoms with Crippen molar-refractivity contribution in [1.29, 1.82) is 0 Å². The first-order chi connectivity index (χ1) is 7.63. The van der Waals surface area contributed by atoms with Crippen LogP contribution in [0, 0.1) is 11.6 Å². The van der Waals surface area contributed by atoms with E-state index in [0.29, 0.717) is 18.2 Å². The highest BCUT2D eigenvalue weighted by Gasteiger charge is 2.05. The Bertz CT molecular complexity index is 326. The normalized spacial score (nSPS) is 12.8. The third-order valence-corrected chi connectivity index (χ3v) is 2.65. The van der Waals surface area contributed by atoms with Crippen LogP contribution in [-0.4, -0.2) is 6.04 Å². The summed E-state index contributed by atoms with van der Waals surface area (Å²) in [7, 11) is 0. The van der Waals surface area contributed by atoms with Crippen molar-refractivity contribution in [2.75, 3.05) is 0 Å². The molecular weight excluding hydrogens is 208 g/mol. The molecule has 0 aliphatic rings. The Hall–Kier alpha value is -0.960. The maximum atomic E-state index is 13.3. The summed E-state index contributed by atoms with van der Waals surface area (Å²) in [5, 5.41) is 3.23. The van der Waals surface area contributed by atoms with Crippen molar-refractivity contribution in [2.24, 2.45) is 0 Å². The van der Waals surface area contributed by atoms with Gasteiger partial charge in [-0.05, 0) is 19.4 Å². The summed E-state index contributed by atoms with van der Waals surface area (Å²) in [6.07, 6.45) is 3.41. The van der Waals surface area contributed by atoms with Crippen LogP contribution in [0.3, 0.4) is 0 Å². The van der Waals surface area contributed by atoms with Gasteiger partial charge in [-0.15, -0.1) is 0 Å². The van der Waals surface area contributed by atoms with Crippen molar-refractivity contribution in [2.45, 2.75) is 45.7 Å². The lowest BCUT2D eigenvalue weighted by atomic mass is 10.1. The first-order valence-electron chi connectivity index (χ1n) is 5.80. The summed E-state index contributed by atoms with van der Waals surface area (Å²) >= 11 is 0. The number of halogens is 2. The summed E-state index contributed by atoms with van der Waals surface area (Å²) in [5.41, 5.74) is 0.518. The van der Waals surface area contributed by atoms with E-state index in [4.69, 9.17) is 0 Å². The molecule has 1 N–H and O–H groups in total. The number of hydrogen-bond acceptors (Lipinski definition) is 1. The van der Waals surface area contributed by atoms with Gasteiger partial charge in [0.05, 0.1) is 0 Å². The number of benzene rings is 1. The zero-order valence-electron chi connectivity index (χ0n) is 9.89. The minimum Gasteiger partial charge on any atom is -0.310 e. The van der Waals surface area contributed by atoms with Gasteiger partial charge in [0.1, 0.15) is 11.6 Å². The summed E-state index contributed by atoms with van der Waals surface area (Å²) in [4.78, 5) is 0. The maximum absolute atomic E-state index is 13.3. The zero-order chi connectivity index (χ0) is 12.0. The highest BCUT2D eigenvalue weighted by atomic mass is 19.1. The van der Waals surface area contributed by atoms with Crippen LogP contribution in [0.2, 0.25) is 0 Å². The molecule has 16 heavy (non-hydrogen) atoms. The van der Waals surface area contributed by atoms with Gasteiger partial charge in [-0.3, -0.25) is 0 Å². The van der Waals surface area contributed by atoms with Crippen LogP contribution in [0.25, 0.3) is 0 Å². The molecule has 0 saturated carbocycles. The molecule has 3 heteroatoms. The lowest BCUT2D eigenvalue weighted by Gasteiger charge is -2.13. The molecule has 0 heterocycles. The predicted molar refractivity (Wildman–Crippen MR) is 62.2 cm³/mol. The molecule has 0 radical (unpaired) electrons. The fourth-order valence-corrected chi connectivity index (χ4v) is 1.56. The van der Waals surface area contributed by atoms with E-state index in [1.165, 1.54) is 18.6 Å². The van der Waals surface area contributed by atoms with Crippen molar-refractivity contribution in [3.8, 4) is 0 Å². The van der Waals surface area contributed by atoms with Gasteiger partial charge in [0, 0.05) is 24.2 Å². The molecule has 1 rings (SSSR count). The Kier molecular flexibility index (Phi) is 5.39. The Morgan fingerprint density at radius 1 is 1.31 bits per heavy atom. The fourth-order valence-electron chi connectivity index (χ4n) is 1.56. The van der Waals surface area contributed by atoms with Crippen molar-refractivity contribution >= 4 is 0 Å². The third-order valence-electron chi connectivity index (χ3n) is 2.65. The van der Waals surface area contributed by atoms with Gasteiger partial charge in [-0.2, -0.15) is 0 Å². The van der Waals surface area contributed by atoms with E-state index in [9.17, 15) is 8.78 Å². The van der Waals surface area contributed by atoms with Crippen molar-refractivity contribution < 1.29 is 8.78 Å². The van der Waals surface area contributed by atoms with E-state index in [1.807, 2.05) is 0 Å². The van der Waals surface area contributed by atoms with Crippen LogP contribution in [0.4, 0.5) is 8.78 Å². The molecule has 1 aromatic rings. The van der Waals surface area contributed by atoms with Gasteiger partial charge in [-0.1, -0.05) is 25.8 Å². The minimum atomic E-state index is -0.528. The molecule has 1 nitrogen and oxygen atoms in total. The minimum absolute atomic E-state index is 0.365. The molecule has 0 aromatic heterocycles. The van der Waals surface area contributed by atoms with E-state index in [0.717, 1.165) is 18.9 Å². The number of rotatable bonds is 6. The smallest absolute Gasteiger partial charge is 0.130 e. The first-order valence-corrected chi connectivity index (χ1v) is 5.80. The van der Waals surface area contributed by atoms with Gasteiger partial charge < -0.3 is 5.32 Å². The largest absolute Gasteiger partial charge is 0.310 e. The second-order valence-corrected chi connectivity index (χ2v) is 4.16.